The number of hydrogen-bond donors (Lipinski definition) is 2. The van der Waals surface area contributed by atoms with Gasteiger partial charge in [-0.15, -0.1) is 0 Å². The monoisotopic (exact) mass is 443 g/mol. The Morgan fingerprint density at radius 3 is 2.53 bits per heavy atom. The lowest BCUT2D eigenvalue weighted by Gasteiger charge is -2.60. The first-order valence-corrected chi connectivity index (χ1v) is 13.7. The van der Waals surface area contributed by atoms with E-state index in [0.717, 1.165) is 37.0 Å². The standard InChI is InChI=1S/C29H49NO2/c1-18(2)8-7-9-19(3)23-10-11-24-27-25(13-15-29(23,24)6)28(5)14-12-22(32)16-21(28)17-26(27)30-20(4)31/h17-19,22-27,32H,7-16H2,1-6H3,(H,30,31)/t19-,22-,23-,24+,25+,26+,27+,28-,29+/m0/s1. The van der Waals surface area contributed by atoms with E-state index in [0.29, 0.717) is 23.2 Å². The highest BCUT2D eigenvalue weighted by Gasteiger charge is 2.61. The van der Waals surface area contributed by atoms with Crippen LogP contribution in [0.1, 0.15) is 106 Å². The van der Waals surface area contributed by atoms with E-state index in [9.17, 15) is 9.90 Å². The molecular formula is C29H49NO2. The summed E-state index contributed by atoms with van der Waals surface area (Å²) in [5.41, 5.74) is 2.04. The average molecular weight is 444 g/mol. The lowest BCUT2D eigenvalue weighted by atomic mass is 9.46. The van der Waals surface area contributed by atoms with Crippen LogP contribution in [0.2, 0.25) is 0 Å². The molecule has 3 saturated carbocycles. The van der Waals surface area contributed by atoms with E-state index in [-0.39, 0.29) is 23.5 Å². The van der Waals surface area contributed by atoms with Crippen LogP contribution in [0.4, 0.5) is 0 Å². The van der Waals surface area contributed by atoms with E-state index in [2.05, 4.69) is 46.0 Å². The van der Waals surface area contributed by atoms with Crippen LogP contribution in [0.3, 0.4) is 0 Å². The number of nitrogens with one attached hydrogen (secondary N) is 1. The molecule has 0 spiro atoms. The van der Waals surface area contributed by atoms with Gasteiger partial charge in [-0.05, 0) is 91.3 Å². The lowest BCUT2D eigenvalue weighted by Crippen LogP contribution is -2.58. The Balaban J connectivity index is 1.60. The fourth-order valence-electron chi connectivity index (χ4n) is 9.06. The third-order valence-electron chi connectivity index (χ3n) is 10.7. The van der Waals surface area contributed by atoms with Gasteiger partial charge in [0.25, 0.3) is 0 Å². The van der Waals surface area contributed by atoms with Gasteiger partial charge in [-0.3, -0.25) is 4.79 Å². The third kappa shape index (κ3) is 4.21. The molecule has 0 aromatic carbocycles. The van der Waals surface area contributed by atoms with Crippen molar-refractivity contribution in [1.82, 2.24) is 5.32 Å². The normalized spacial score (nSPS) is 44.3. The van der Waals surface area contributed by atoms with E-state index in [1.165, 1.54) is 50.5 Å². The molecule has 0 aliphatic heterocycles. The average Bonchev–Trinajstić information content (AvgIpc) is 3.05. The smallest absolute Gasteiger partial charge is 0.217 e. The fraction of sp³-hybridized carbons (Fsp3) is 0.897. The predicted octanol–water partition coefficient (Wildman–Crippen LogP) is 6.50. The van der Waals surface area contributed by atoms with E-state index >= 15 is 0 Å². The van der Waals surface area contributed by atoms with Gasteiger partial charge < -0.3 is 10.4 Å². The Morgan fingerprint density at radius 1 is 1.09 bits per heavy atom. The van der Waals surface area contributed by atoms with Gasteiger partial charge in [-0.25, -0.2) is 0 Å². The number of hydrogen-bond acceptors (Lipinski definition) is 2. The Hall–Kier alpha value is -0.830. The summed E-state index contributed by atoms with van der Waals surface area (Å²) in [5.74, 6) is 4.42. The van der Waals surface area contributed by atoms with Crippen LogP contribution in [0.15, 0.2) is 11.6 Å². The quantitative estimate of drug-likeness (QED) is 0.460. The second-order valence-corrected chi connectivity index (χ2v) is 13.1. The summed E-state index contributed by atoms with van der Waals surface area (Å²) < 4.78 is 0. The molecule has 2 N–H and O–H groups in total. The lowest BCUT2D eigenvalue weighted by molar-refractivity contribution is -0.122. The molecule has 4 rings (SSSR count). The summed E-state index contributed by atoms with van der Waals surface area (Å²) in [6.07, 6.45) is 14.4. The van der Waals surface area contributed by atoms with Crippen LogP contribution in [-0.4, -0.2) is 23.2 Å². The molecule has 3 nitrogen and oxygen atoms in total. The van der Waals surface area contributed by atoms with Gasteiger partial charge in [0, 0.05) is 6.92 Å². The first-order valence-electron chi connectivity index (χ1n) is 13.7. The molecule has 3 fully saturated rings. The molecule has 0 bridgehead atoms. The molecule has 0 heterocycles. The molecule has 1 amide bonds. The van der Waals surface area contributed by atoms with E-state index in [4.69, 9.17) is 0 Å². The first kappa shape index (κ1) is 24.3. The number of carbonyl (C=O) groups is 1. The maximum absolute atomic E-state index is 12.2. The van der Waals surface area contributed by atoms with Crippen LogP contribution in [0, 0.1) is 46.3 Å². The molecule has 0 aromatic rings. The van der Waals surface area contributed by atoms with Crippen LogP contribution in [0.25, 0.3) is 0 Å². The van der Waals surface area contributed by atoms with Crippen molar-refractivity contribution in [3.8, 4) is 0 Å². The molecule has 4 aliphatic rings. The van der Waals surface area contributed by atoms with Crippen molar-refractivity contribution in [3.05, 3.63) is 11.6 Å². The van der Waals surface area contributed by atoms with Gasteiger partial charge in [0.2, 0.25) is 5.91 Å². The zero-order valence-corrected chi connectivity index (χ0v) is 21.6. The number of fused-ring (bicyclic) bond motifs is 5. The molecule has 9 atom stereocenters. The molecule has 0 radical (unpaired) electrons. The van der Waals surface area contributed by atoms with Crippen molar-refractivity contribution in [1.29, 1.82) is 0 Å². The highest BCUT2D eigenvalue weighted by molar-refractivity contribution is 5.73. The van der Waals surface area contributed by atoms with Crippen LogP contribution in [0.5, 0.6) is 0 Å². The molecule has 4 aliphatic carbocycles. The molecular weight excluding hydrogens is 394 g/mol. The number of amides is 1. The van der Waals surface area contributed by atoms with Gasteiger partial charge >= 0.3 is 0 Å². The Kier molecular flexibility index (Phi) is 6.90. The van der Waals surface area contributed by atoms with Crippen molar-refractivity contribution in [3.63, 3.8) is 0 Å². The van der Waals surface area contributed by atoms with Crippen LogP contribution < -0.4 is 5.32 Å². The summed E-state index contributed by atoms with van der Waals surface area (Å²) in [7, 11) is 0. The minimum Gasteiger partial charge on any atom is -0.393 e. The SMILES string of the molecule is CC(=O)N[C@@H]1C=C2C[C@@H](O)CC[C@]2(C)[C@@H]2CC[C@@]3(C)[C@H](CC[C@H]3[C@@H](C)CCCC(C)C)[C@H]21. The van der Waals surface area contributed by atoms with Crippen LogP contribution >= 0.6 is 0 Å². The number of aliphatic hydroxyl groups is 1. The highest BCUT2D eigenvalue weighted by Crippen LogP contribution is 2.67. The van der Waals surface area contributed by atoms with Gasteiger partial charge in [-0.1, -0.05) is 65.5 Å². The summed E-state index contributed by atoms with van der Waals surface area (Å²) in [5, 5.41) is 13.8. The fourth-order valence-corrected chi connectivity index (χ4v) is 9.06. The third-order valence-corrected chi connectivity index (χ3v) is 10.7. The second kappa shape index (κ2) is 9.08. The minimum absolute atomic E-state index is 0.0921. The number of rotatable bonds is 6. The zero-order chi connectivity index (χ0) is 23.3. The van der Waals surface area contributed by atoms with Crippen LogP contribution in [-0.2, 0) is 4.79 Å². The van der Waals surface area contributed by atoms with E-state index in [1.807, 2.05) is 0 Å². The highest BCUT2D eigenvalue weighted by atomic mass is 16.3. The summed E-state index contributed by atoms with van der Waals surface area (Å²) in [6, 6.07) is 0.144. The van der Waals surface area contributed by atoms with Gasteiger partial charge in [0.15, 0.2) is 0 Å². The first-order chi connectivity index (χ1) is 15.1. The number of aliphatic hydroxyl groups excluding tert-OH is 1. The number of carbonyl (C=O) groups excluding carboxylic acids is 1. The van der Waals surface area contributed by atoms with E-state index in [1.54, 1.807) is 6.92 Å². The largest absolute Gasteiger partial charge is 0.393 e. The molecule has 0 saturated heterocycles. The van der Waals surface area contributed by atoms with Crippen molar-refractivity contribution < 1.29 is 9.90 Å². The summed E-state index contributed by atoms with van der Waals surface area (Å²) >= 11 is 0. The van der Waals surface area contributed by atoms with Gasteiger partial charge in [-0.2, -0.15) is 0 Å². The molecule has 0 unspecified atom stereocenters. The molecule has 0 aromatic heterocycles. The Bertz CT molecular complexity index is 729. The Morgan fingerprint density at radius 2 is 1.84 bits per heavy atom. The van der Waals surface area contributed by atoms with E-state index < -0.39 is 0 Å². The topological polar surface area (TPSA) is 49.3 Å². The van der Waals surface area contributed by atoms with Gasteiger partial charge in [0.1, 0.15) is 0 Å². The van der Waals surface area contributed by atoms with Crippen molar-refractivity contribution in [2.75, 3.05) is 0 Å². The second-order valence-electron chi connectivity index (χ2n) is 13.1. The maximum Gasteiger partial charge on any atom is 0.217 e. The molecule has 32 heavy (non-hydrogen) atoms. The van der Waals surface area contributed by atoms with Crippen molar-refractivity contribution >= 4 is 5.91 Å². The Labute approximate surface area is 197 Å². The predicted molar refractivity (Wildman–Crippen MR) is 132 cm³/mol. The van der Waals surface area contributed by atoms with Gasteiger partial charge in [0.05, 0.1) is 12.1 Å². The van der Waals surface area contributed by atoms with Crippen molar-refractivity contribution in [2.45, 2.75) is 118 Å². The maximum atomic E-state index is 12.2. The molecule has 182 valence electrons. The zero-order valence-electron chi connectivity index (χ0n) is 21.6. The summed E-state index contributed by atoms with van der Waals surface area (Å²) in [4.78, 5) is 12.2. The summed E-state index contributed by atoms with van der Waals surface area (Å²) in [6.45, 7) is 14.0. The van der Waals surface area contributed by atoms with Crippen molar-refractivity contribution in [2.24, 2.45) is 46.3 Å². The molecule has 3 heteroatoms. The minimum atomic E-state index is -0.208.